The Morgan fingerprint density at radius 1 is 1.32 bits per heavy atom. The maximum Gasteiger partial charge on any atom is 0.284 e. The number of nitrogens with zero attached hydrogens (tertiary/aromatic N) is 3. The minimum absolute atomic E-state index is 0.201. The summed E-state index contributed by atoms with van der Waals surface area (Å²) in [5.74, 6) is 0.468. The van der Waals surface area contributed by atoms with Gasteiger partial charge in [-0.25, -0.2) is 4.98 Å². The standard InChI is InChI=1S/C19H24N4O2/c1-19(2,3)17-13(9-15(25-17)18(20)24)11-22(4)12-14-10-21-16-7-5-6-8-23(14)16/h5-10H,11-12H2,1-4H3,(H2,20,24). The Morgan fingerprint density at radius 2 is 2.08 bits per heavy atom. The normalized spacial score (nSPS) is 12.2. The molecule has 0 saturated carbocycles. The van der Waals surface area contributed by atoms with Crippen LogP contribution in [0.5, 0.6) is 0 Å². The Hall–Kier alpha value is -2.60. The number of aromatic nitrogens is 2. The molecule has 6 heteroatoms. The Labute approximate surface area is 147 Å². The zero-order valence-electron chi connectivity index (χ0n) is 15.1. The van der Waals surface area contributed by atoms with Crippen molar-refractivity contribution in [2.45, 2.75) is 39.3 Å². The van der Waals surface area contributed by atoms with E-state index in [9.17, 15) is 4.79 Å². The van der Waals surface area contributed by atoms with Crippen LogP contribution in [-0.4, -0.2) is 27.2 Å². The van der Waals surface area contributed by atoms with Crippen LogP contribution in [-0.2, 0) is 18.5 Å². The molecule has 2 N–H and O–H groups in total. The largest absolute Gasteiger partial charge is 0.455 e. The van der Waals surface area contributed by atoms with Gasteiger partial charge >= 0.3 is 0 Å². The first kappa shape index (κ1) is 17.2. The fourth-order valence-corrected chi connectivity index (χ4v) is 3.03. The van der Waals surface area contributed by atoms with Crippen LogP contribution >= 0.6 is 0 Å². The predicted octanol–water partition coefficient (Wildman–Crippen LogP) is 2.96. The summed E-state index contributed by atoms with van der Waals surface area (Å²) in [5, 5.41) is 0. The van der Waals surface area contributed by atoms with E-state index in [1.165, 1.54) is 0 Å². The topological polar surface area (TPSA) is 76.8 Å². The second-order valence-corrected chi connectivity index (χ2v) is 7.43. The van der Waals surface area contributed by atoms with E-state index in [0.29, 0.717) is 6.54 Å². The number of imidazole rings is 1. The van der Waals surface area contributed by atoms with E-state index in [0.717, 1.165) is 29.2 Å². The van der Waals surface area contributed by atoms with Gasteiger partial charge in [0.25, 0.3) is 5.91 Å². The molecule has 0 bridgehead atoms. The third-order valence-electron chi connectivity index (χ3n) is 4.10. The first-order valence-electron chi connectivity index (χ1n) is 8.28. The van der Waals surface area contributed by atoms with Crippen molar-refractivity contribution in [2.24, 2.45) is 5.73 Å². The number of hydrogen-bond acceptors (Lipinski definition) is 4. The van der Waals surface area contributed by atoms with Gasteiger partial charge in [-0.3, -0.25) is 9.69 Å². The van der Waals surface area contributed by atoms with Crippen LogP contribution in [0.15, 0.2) is 41.1 Å². The molecule has 3 heterocycles. The highest BCUT2D eigenvalue weighted by atomic mass is 16.4. The molecule has 0 atom stereocenters. The lowest BCUT2D eigenvalue weighted by Gasteiger charge is -2.21. The molecule has 0 radical (unpaired) electrons. The SMILES string of the molecule is CN(Cc1cc(C(N)=O)oc1C(C)(C)C)Cc1cnc2ccccn12. The number of carbonyl (C=O) groups excluding carboxylic acids is 1. The predicted molar refractivity (Wildman–Crippen MR) is 96.3 cm³/mol. The summed E-state index contributed by atoms with van der Waals surface area (Å²) in [6.45, 7) is 7.56. The van der Waals surface area contributed by atoms with Crippen LogP contribution in [0.25, 0.3) is 5.65 Å². The maximum absolute atomic E-state index is 11.5. The van der Waals surface area contributed by atoms with E-state index in [-0.39, 0.29) is 11.2 Å². The molecular weight excluding hydrogens is 316 g/mol. The third kappa shape index (κ3) is 3.58. The van der Waals surface area contributed by atoms with Crippen molar-refractivity contribution in [1.29, 1.82) is 0 Å². The highest BCUT2D eigenvalue weighted by Gasteiger charge is 2.25. The molecule has 0 fully saturated rings. The highest BCUT2D eigenvalue weighted by Crippen LogP contribution is 2.30. The molecule has 3 aromatic heterocycles. The van der Waals surface area contributed by atoms with Crippen molar-refractivity contribution < 1.29 is 9.21 Å². The maximum atomic E-state index is 11.5. The van der Waals surface area contributed by atoms with Crippen molar-refractivity contribution >= 4 is 11.6 Å². The quantitative estimate of drug-likeness (QED) is 0.775. The fourth-order valence-electron chi connectivity index (χ4n) is 3.03. The molecule has 0 aliphatic rings. The van der Waals surface area contributed by atoms with Gasteiger partial charge in [0.05, 0.1) is 11.9 Å². The molecule has 25 heavy (non-hydrogen) atoms. The molecule has 3 rings (SSSR count). The number of rotatable bonds is 5. The van der Waals surface area contributed by atoms with Gasteiger partial charge in [-0.05, 0) is 25.2 Å². The lowest BCUT2D eigenvalue weighted by Crippen LogP contribution is -2.21. The summed E-state index contributed by atoms with van der Waals surface area (Å²) < 4.78 is 7.80. The van der Waals surface area contributed by atoms with Crippen LogP contribution < -0.4 is 5.73 Å². The average Bonchev–Trinajstić information content (AvgIpc) is 3.12. The van der Waals surface area contributed by atoms with Crippen molar-refractivity contribution in [3.05, 3.63) is 59.4 Å². The van der Waals surface area contributed by atoms with Gasteiger partial charge in [0.1, 0.15) is 11.4 Å². The molecule has 3 aromatic rings. The van der Waals surface area contributed by atoms with Crippen molar-refractivity contribution in [1.82, 2.24) is 14.3 Å². The van der Waals surface area contributed by atoms with E-state index in [4.69, 9.17) is 10.2 Å². The molecule has 1 amide bonds. The average molecular weight is 340 g/mol. The summed E-state index contributed by atoms with van der Waals surface area (Å²) in [5.41, 5.74) is 8.20. The molecule has 0 aromatic carbocycles. The van der Waals surface area contributed by atoms with Gasteiger partial charge < -0.3 is 14.6 Å². The van der Waals surface area contributed by atoms with E-state index in [2.05, 4.69) is 35.1 Å². The van der Waals surface area contributed by atoms with Crippen molar-refractivity contribution in [3.63, 3.8) is 0 Å². The van der Waals surface area contributed by atoms with Gasteiger partial charge in [-0.1, -0.05) is 26.8 Å². The van der Waals surface area contributed by atoms with Gasteiger partial charge in [0.2, 0.25) is 0 Å². The van der Waals surface area contributed by atoms with Crippen LogP contribution in [0.4, 0.5) is 0 Å². The van der Waals surface area contributed by atoms with Gasteiger partial charge in [0, 0.05) is 30.3 Å². The number of hydrogen-bond donors (Lipinski definition) is 1. The van der Waals surface area contributed by atoms with E-state index in [1.807, 2.05) is 37.6 Å². The van der Waals surface area contributed by atoms with E-state index < -0.39 is 5.91 Å². The summed E-state index contributed by atoms with van der Waals surface area (Å²) in [6.07, 6.45) is 3.90. The second-order valence-electron chi connectivity index (χ2n) is 7.43. The van der Waals surface area contributed by atoms with Gasteiger partial charge in [-0.2, -0.15) is 0 Å². The number of furan rings is 1. The number of carbonyl (C=O) groups is 1. The Kier molecular flexibility index (Phi) is 4.39. The molecular formula is C19H24N4O2. The van der Waals surface area contributed by atoms with Crippen LogP contribution in [0.2, 0.25) is 0 Å². The van der Waals surface area contributed by atoms with Crippen LogP contribution in [0.1, 0.15) is 48.3 Å². The minimum Gasteiger partial charge on any atom is -0.455 e. The van der Waals surface area contributed by atoms with Crippen molar-refractivity contribution in [2.75, 3.05) is 7.05 Å². The van der Waals surface area contributed by atoms with Crippen molar-refractivity contribution in [3.8, 4) is 0 Å². The Balaban J connectivity index is 1.83. The minimum atomic E-state index is -0.541. The molecule has 0 aliphatic heterocycles. The third-order valence-corrected chi connectivity index (χ3v) is 4.10. The number of primary amides is 1. The number of pyridine rings is 1. The monoisotopic (exact) mass is 340 g/mol. The molecule has 132 valence electrons. The molecule has 0 unspecified atom stereocenters. The zero-order valence-corrected chi connectivity index (χ0v) is 15.1. The second kappa shape index (κ2) is 6.37. The highest BCUT2D eigenvalue weighted by molar-refractivity contribution is 5.90. The van der Waals surface area contributed by atoms with E-state index in [1.54, 1.807) is 6.07 Å². The Bertz CT molecular complexity index is 902. The van der Waals surface area contributed by atoms with E-state index >= 15 is 0 Å². The number of nitrogens with two attached hydrogens (primary N) is 1. The summed E-state index contributed by atoms with van der Waals surface area (Å²) in [4.78, 5) is 18.1. The molecule has 0 aliphatic carbocycles. The summed E-state index contributed by atoms with van der Waals surface area (Å²) >= 11 is 0. The van der Waals surface area contributed by atoms with Crippen LogP contribution in [0.3, 0.4) is 0 Å². The van der Waals surface area contributed by atoms with Gasteiger partial charge in [-0.15, -0.1) is 0 Å². The first-order valence-corrected chi connectivity index (χ1v) is 8.28. The zero-order chi connectivity index (χ0) is 18.2. The fraction of sp³-hybridized carbons (Fsp3) is 0.368. The smallest absolute Gasteiger partial charge is 0.284 e. The summed E-state index contributed by atoms with van der Waals surface area (Å²) in [7, 11) is 2.03. The Morgan fingerprint density at radius 3 is 2.76 bits per heavy atom. The lowest BCUT2D eigenvalue weighted by molar-refractivity contribution is 0.0970. The number of fused-ring (bicyclic) bond motifs is 1. The lowest BCUT2D eigenvalue weighted by atomic mass is 9.90. The van der Waals surface area contributed by atoms with Crippen LogP contribution in [0, 0.1) is 0 Å². The first-order chi connectivity index (χ1) is 11.8. The molecule has 0 spiro atoms. The number of amides is 1. The van der Waals surface area contributed by atoms with Gasteiger partial charge in [0.15, 0.2) is 5.76 Å². The summed E-state index contributed by atoms with van der Waals surface area (Å²) in [6, 6.07) is 7.71. The molecule has 0 saturated heterocycles. The molecule has 6 nitrogen and oxygen atoms in total.